The average Bonchev–Trinajstić information content (AvgIpc) is 3.04. The fourth-order valence-electron chi connectivity index (χ4n) is 1.83. The predicted molar refractivity (Wildman–Crippen MR) is 59.8 cm³/mol. The van der Waals surface area contributed by atoms with E-state index < -0.39 is 12.7 Å². The van der Waals surface area contributed by atoms with Crippen LogP contribution >= 0.6 is 0 Å². The molecule has 0 spiro atoms. The third-order valence-electron chi connectivity index (χ3n) is 2.80. The molecule has 1 aliphatic rings. The highest BCUT2D eigenvalue weighted by atomic mass is 19.4. The summed E-state index contributed by atoms with van der Waals surface area (Å²) < 4.78 is 37.1. The van der Waals surface area contributed by atoms with Crippen molar-refractivity contribution in [1.29, 1.82) is 0 Å². The van der Waals surface area contributed by atoms with Crippen LogP contribution in [0.3, 0.4) is 0 Å². The lowest BCUT2D eigenvalue weighted by molar-refractivity contribution is -0.148. The van der Waals surface area contributed by atoms with Gasteiger partial charge in [-0.25, -0.2) is 0 Å². The highest BCUT2D eigenvalue weighted by Crippen LogP contribution is 2.30. The van der Waals surface area contributed by atoms with E-state index in [9.17, 15) is 13.2 Å². The van der Waals surface area contributed by atoms with Crippen molar-refractivity contribution in [3.8, 4) is 0 Å². The molecule has 2 N–H and O–H groups in total. The molecule has 0 aromatic rings. The Kier molecular flexibility index (Phi) is 5.69. The number of halogens is 3. The van der Waals surface area contributed by atoms with Gasteiger partial charge in [-0.05, 0) is 25.8 Å². The van der Waals surface area contributed by atoms with Gasteiger partial charge < -0.3 is 10.4 Å². The molecule has 1 saturated carbocycles. The molecule has 0 bridgehead atoms. The lowest BCUT2D eigenvalue weighted by Gasteiger charge is -2.27. The molecule has 0 aliphatic heterocycles. The van der Waals surface area contributed by atoms with Gasteiger partial charge in [0.1, 0.15) is 0 Å². The van der Waals surface area contributed by atoms with E-state index in [1.54, 1.807) is 0 Å². The van der Waals surface area contributed by atoms with Crippen molar-refractivity contribution in [2.24, 2.45) is 0 Å². The van der Waals surface area contributed by atoms with Crippen molar-refractivity contribution in [2.45, 2.75) is 44.4 Å². The molecule has 6 heteroatoms. The Morgan fingerprint density at radius 2 is 2.06 bits per heavy atom. The topological polar surface area (TPSA) is 35.5 Å². The van der Waals surface area contributed by atoms with Gasteiger partial charge in [0.25, 0.3) is 0 Å². The third-order valence-corrected chi connectivity index (χ3v) is 2.80. The molecule has 1 unspecified atom stereocenters. The summed E-state index contributed by atoms with van der Waals surface area (Å²) in [6.45, 7) is 1.97. The van der Waals surface area contributed by atoms with Gasteiger partial charge >= 0.3 is 6.18 Å². The van der Waals surface area contributed by atoms with Crippen LogP contribution in [-0.4, -0.2) is 54.5 Å². The monoisotopic (exact) mass is 254 g/mol. The van der Waals surface area contributed by atoms with E-state index in [-0.39, 0.29) is 25.2 Å². The van der Waals surface area contributed by atoms with Crippen molar-refractivity contribution in [2.75, 3.05) is 26.2 Å². The minimum Gasteiger partial charge on any atom is -0.395 e. The molecule has 3 nitrogen and oxygen atoms in total. The molecular weight excluding hydrogens is 233 g/mol. The molecular formula is C11H21F3N2O. The summed E-state index contributed by atoms with van der Waals surface area (Å²) in [5.41, 5.74) is 0. The van der Waals surface area contributed by atoms with Crippen LogP contribution in [0.25, 0.3) is 0 Å². The van der Waals surface area contributed by atoms with Crippen molar-refractivity contribution in [3.05, 3.63) is 0 Å². The number of aliphatic hydroxyl groups is 1. The smallest absolute Gasteiger partial charge is 0.395 e. The minimum absolute atomic E-state index is 0.0501. The Morgan fingerprint density at radius 1 is 1.41 bits per heavy atom. The Hall–Kier alpha value is -0.330. The molecule has 1 atom stereocenters. The second-order valence-corrected chi connectivity index (χ2v) is 4.61. The number of nitrogens with zero attached hydrogens (tertiary/aromatic N) is 1. The Labute approximate surface area is 100.0 Å². The molecule has 1 rings (SSSR count). The van der Waals surface area contributed by atoms with Crippen LogP contribution in [0.4, 0.5) is 13.2 Å². The van der Waals surface area contributed by atoms with E-state index >= 15 is 0 Å². The summed E-state index contributed by atoms with van der Waals surface area (Å²) in [6.07, 6.45) is -1.59. The second kappa shape index (κ2) is 6.56. The Bertz CT molecular complexity index is 219. The third kappa shape index (κ3) is 6.24. The zero-order chi connectivity index (χ0) is 12.9. The van der Waals surface area contributed by atoms with E-state index in [0.717, 1.165) is 25.8 Å². The Balaban J connectivity index is 2.41. The van der Waals surface area contributed by atoms with Crippen molar-refractivity contribution in [3.63, 3.8) is 0 Å². The summed E-state index contributed by atoms with van der Waals surface area (Å²) in [6, 6.07) is -0.216. The number of alkyl halides is 3. The van der Waals surface area contributed by atoms with E-state index in [1.807, 2.05) is 6.92 Å². The summed E-state index contributed by atoms with van der Waals surface area (Å²) in [7, 11) is 0. The van der Waals surface area contributed by atoms with Gasteiger partial charge in [-0.3, -0.25) is 4.90 Å². The van der Waals surface area contributed by atoms with Gasteiger partial charge in [0.2, 0.25) is 0 Å². The van der Waals surface area contributed by atoms with E-state index in [0.29, 0.717) is 0 Å². The first-order valence-electron chi connectivity index (χ1n) is 6.11. The lowest BCUT2D eigenvalue weighted by atomic mass is 10.2. The first kappa shape index (κ1) is 14.7. The molecule has 0 heterocycles. The molecule has 1 aliphatic carbocycles. The van der Waals surface area contributed by atoms with Crippen molar-refractivity contribution >= 4 is 0 Å². The highest BCUT2D eigenvalue weighted by molar-refractivity contribution is 4.88. The number of rotatable bonds is 8. The first-order chi connectivity index (χ1) is 7.96. The Morgan fingerprint density at radius 3 is 2.47 bits per heavy atom. The van der Waals surface area contributed by atoms with Crippen LogP contribution in [0, 0.1) is 0 Å². The van der Waals surface area contributed by atoms with Gasteiger partial charge in [0, 0.05) is 18.6 Å². The SMILES string of the molecule is CCCNC(CO)CN(CC(F)(F)F)C1CC1. The van der Waals surface area contributed by atoms with Crippen LogP contribution < -0.4 is 5.32 Å². The molecule has 0 amide bonds. The van der Waals surface area contributed by atoms with Crippen LogP contribution in [0.5, 0.6) is 0 Å². The highest BCUT2D eigenvalue weighted by Gasteiger charge is 2.38. The zero-order valence-electron chi connectivity index (χ0n) is 10.1. The number of hydrogen-bond acceptors (Lipinski definition) is 3. The number of hydrogen-bond donors (Lipinski definition) is 2. The number of nitrogens with one attached hydrogen (secondary N) is 1. The molecule has 0 saturated heterocycles. The van der Waals surface area contributed by atoms with Crippen molar-refractivity contribution in [1.82, 2.24) is 10.2 Å². The molecule has 102 valence electrons. The van der Waals surface area contributed by atoms with Gasteiger partial charge in [0.15, 0.2) is 0 Å². The summed E-state index contributed by atoms with van der Waals surface area (Å²) in [4.78, 5) is 1.43. The maximum Gasteiger partial charge on any atom is 0.401 e. The largest absolute Gasteiger partial charge is 0.401 e. The zero-order valence-corrected chi connectivity index (χ0v) is 10.1. The first-order valence-corrected chi connectivity index (χ1v) is 6.11. The van der Waals surface area contributed by atoms with Gasteiger partial charge in [-0.1, -0.05) is 6.92 Å². The molecule has 17 heavy (non-hydrogen) atoms. The maximum atomic E-state index is 12.4. The van der Waals surface area contributed by atoms with Gasteiger partial charge in [-0.2, -0.15) is 13.2 Å². The van der Waals surface area contributed by atoms with Crippen LogP contribution in [-0.2, 0) is 0 Å². The molecule has 0 radical (unpaired) electrons. The van der Waals surface area contributed by atoms with E-state index in [1.165, 1.54) is 4.90 Å². The van der Waals surface area contributed by atoms with Crippen LogP contribution in [0.2, 0.25) is 0 Å². The van der Waals surface area contributed by atoms with Crippen LogP contribution in [0.1, 0.15) is 26.2 Å². The van der Waals surface area contributed by atoms with Crippen molar-refractivity contribution < 1.29 is 18.3 Å². The number of aliphatic hydroxyl groups excluding tert-OH is 1. The summed E-state index contributed by atoms with van der Waals surface area (Å²) >= 11 is 0. The fraction of sp³-hybridized carbons (Fsp3) is 1.00. The average molecular weight is 254 g/mol. The van der Waals surface area contributed by atoms with E-state index in [2.05, 4.69) is 5.32 Å². The van der Waals surface area contributed by atoms with Gasteiger partial charge in [-0.15, -0.1) is 0 Å². The predicted octanol–water partition coefficient (Wildman–Crippen LogP) is 1.37. The normalized spacial score (nSPS) is 18.7. The lowest BCUT2D eigenvalue weighted by Crippen LogP contribution is -2.47. The standard InChI is InChI=1S/C11H21F3N2O/c1-2-5-15-9(7-17)6-16(10-3-4-10)8-11(12,13)14/h9-10,15,17H,2-8H2,1H3. The summed E-state index contributed by atoms with van der Waals surface area (Å²) in [5, 5.41) is 12.2. The molecule has 1 fully saturated rings. The fourth-order valence-corrected chi connectivity index (χ4v) is 1.83. The molecule has 0 aromatic heterocycles. The minimum atomic E-state index is -4.16. The van der Waals surface area contributed by atoms with Crippen LogP contribution in [0.15, 0.2) is 0 Å². The quantitative estimate of drug-likeness (QED) is 0.687. The van der Waals surface area contributed by atoms with E-state index in [4.69, 9.17) is 5.11 Å². The summed E-state index contributed by atoms with van der Waals surface area (Å²) in [5.74, 6) is 0. The maximum absolute atomic E-state index is 12.4. The van der Waals surface area contributed by atoms with Gasteiger partial charge in [0.05, 0.1) is 13.2 Å². The second-order valence-electron chi connectivity index (χ2n) is 4.61. The molecule has 0 aromatic carbocycles.